The van der Waals surface area contributed by atoms with Crippen LogP contribution in [0.1, 0.15) is 5.56 Å². The van der Waals surface area contributed by atoms with Crippen LogP contribution in [-0.2, 0) is 4.79 Å². The van der Waals surface area contributed by atoms with Gasteiger partial charge in [-0.2, -0.15) is 0 Å². The largest absolute Gasteiger partial charge is 0.329 e. The van der Waals surface area contributed by atoms with Crippen molar-refractivity contribution in [3.05, 3.63) is 58.9 Å². The van der Waals surface area contributed by atoms with Gasteiger partial charge in [-0.25, -0.2) is 9.18 Å². The molecule has 0 fully saturated rings. The number of anilines is 2. The summed E-state index contributed by atoms with van der Waals surface area (Å²) in [6.07, 6.45) is 0. The Kier molecular flexibility index (Phi) is 5.54. The average molecular weight is 336 g/mol. The minimum atomic E-state index is -0.523. The number of amides is 3. The lowest BCUT2D eigenvalue weighted by molar-refractivity contribution is -0.115. The van der Waals surface area contributed by atoms with E-state index in [1.165, 1.54) is 24.3 Å². The summed E-state index contributed by atoms with van der Waals surface area (Å²) >= 11 is 5.96. The van der Waals surface area contributed by atoms with E-state index in [-0.39, 0.29) is 6.54 Å². The van der Waals surface area contributed by atoms with E-state index in [0.717, 1.165) is 5.56 Å². The maximum atomic E-state index is 12.8. The highest BCUT2D eigenvalue weighted by atomic mass is 35.5. The Bertz CT molecular complexity index is 720. The summed E-state index contributed by atoms with van der Waals surface area (Å²) in [5.74, 6) is -0.813. The standard InChI is InChI=1S/C16H15ClFN3O2/c1-10-13(17)3-2-4-14(10)21-16(23)19-9-15(22)20-12-7-5-11(18)6-8-12/h2-8H,9H2,1H3,(H,20,22)(H2,19,21,23). The number of carbonyl (C=O) groups is 2. The molecule has 2 aromatic carbocycles. The van der Waals surface area contributed by atoms with Crippen molar-refractivity contribution in [2.75, 3.05) is 17.2 Å². The van der Waals surface area contributed by atoms with Gasteiger partial charge in [0.15, 0.2) is 0 Å². The Hall–Kier alpha value is -2.60. The summed E-state index contributed by atoms with van der Waals surface area (Å²) in [6, 6.07) is 9.95. The number of benzene rings is 2. The quantitative estimate of drug-likeness (QED) is 0.799. The molecule has 0 aliphatic heterocycles. The van der Waals surface area contributed by atoms with E-state index < -0.39 is 17.8 Å². The van der Waals surface area contributed by atoms with Crippen LogP contribution in [0.5, 0.6) is 0 Å². The second kappa shape index (κ2) is 7.60. The fourth-order valence-electron chi connectivity index (χ4n) is 1.81. The molecule has 0 unspecified atom stereocenters. The van der Waals surface area contributed by atoms with Gasteiger partial charge in [-0.1, -0.05) is 17.7 Å². The fraction of sp³-hybridized carbons (Fsp3) is 0.125. The topological polar surface area (TPSA) is 70.2 Å². The Morgan fingerprint density at radius 2 is 1.78 bits per heavy atom. The third kappa shape index (κ3) is 4.96. The van der Waals surface area contributed by atoms with Crippen molar-refractivity contribution in [2.24, 2.45) is 0 Å². The van der Waals surface area contributed by atoms with Gasteiger partial charge in [-0.15, -0.1) is 0 Å². The molecule has 0 radical (unpaired) electrons. The molecule has 3 N–H and O–H groups in total. The van der Waals surface area contributed by atoms with E-state index in [4.69, 9.17) is 11.6 Å². The molecule has 7 heteroatoms. The summed E-state index contributed by atoms with van der Waals surface area (Å²) in [7, 11) is 0. The van der Waals surface area contributed by atoms with Crippen molar-refractivity contribution in [2.45, 2.75) is 6.92 Å². The predicted molar refractivity (Wildman–Crippen MR) is 88.2 cm³/mol. The number of halogens is 2. The van der Waals surface area contributed by atoms with Gasteiger partial charge in [-0.3, -0.25) is 4.79 Å². The van der Waals surface area contributed by atoms with Gasteiger partial charge in [0.05, 0.1) is 6.54 Å². The average Bonchev–Trinajstić information content (AvgIpc) is 2.52. The van der Waals surface area contributed by atoms with Gasteiger partial charge in [0.2, 0.25) is 5.91 Å². The summed E-state index contributed by atoms with van der Waals surface area (Å²) in [6.45, 7) is 1.56. The van der Waals surface area contributed by atoms with Crippen molar-refractivity contribution in [3.8, 4) is 0 Å². The summed E-state index contributed by atoms with van der Waals surface area (Å²) < 4.78 is 12.8. The monoisotopic (exact) mass is 335 g/mol. The molecule has 3 amide bonds. The zero-order valence-corrected chi connectivity index (χ0v) is 13.1. The number of carbonyl (C=O) groups excluding carboxylic acids is 2. The van der Waals surface area contributed by atoms with Crippen molar-refractivity contribution in [1.82, 2.24) is 5.32 Å². The smallest absolute Gasteiger partial charge is 0.319 e. The van der Waals surface area contributed by atoms with Crippen molar-refractivity contribution < 1.29 is 14.0 Å². The molecule has 0 spiro atoms. The second-order valence-corrected chi connectivity index (χ2v) is 5.18. The number of hydrogen-bond donors (Lipinski definition) is 3. The zero-order valence-electron chi connectivity index (χ0n) is 12.3. The van der Waals surface area contributed by atoms with Crippen LogP contribution in [0, 0.1) is 12.7 Å². The second-order valence-electron chi connectivity index (χ2n) is 4.78. The van der Waals surface area contributed by atoms with E-state index >= 15 is 0 Å². The first-order valence-corrected chi connectivity index (χ1v) is 7.19. The minimum absolute atomic E-state index is 0.219. The van der Waals surface area contributed by atoms with Crippen LogP contribution in [0.15, 0.2) is 42.5 Å². The first-order valence-electron chi connectivity index (χ1n) is 6.81. The highest BCUT2D eigenvalue weighted by Crippen LogP contribution is 2.22. The Morgan fingerprint density at radius 3 is 2.48 bits per heavy atom. The van der Waals surface area contributed by atoms with E-state index in [9.17, 15) is 14.0 Å². The van der Waals surface area contributed by atoms with Gasteiger partial charge in [0.1, 0.15) is 5.82 Å². The summed E-state index contributed by atoms with van der Waals surface area (Å²) in [5, 5.41) is 8.12. The Morgan fingerprint density at radius 1 is 1.09 bits per heavy atom. The van der Waals surface area contributed by atoms with Crippen LogP contribution in [-0.4, -0.2) is 18.5 Å². The molecule has 0 aromatic heterocycles. The number of hydrogen-bond acceptors (Lipinski definition) is 2. The number of rotatable bonds is 4. The molecule has 0 aliphatic carbocycles. The number of nitrogens with one attached hydrogen (secondary N) is 3. The third-order valence-corrected chi connectivity index (χ3v) is 3.46. The normalized spacial score (nSPS) is 10.0. The predicted octanol–water partition coefficient (Wildman–Crippen LogP) is 3.55. The van der Waals surface area contributed by atoms with Crippen LogP contribution >= 0.6 is 11.6 Å². The van der Waals surface area contributed by atoms with E-state index in [0.29, 0.717) is 16.4 Å². The number of urea groups is 1. The molecular formula is C16H15ClFN3O2. The SMILES string of the molecule is Cc1c(Cl)cccc1NC(=O)NCC(=O)Nc1ccc(F)cc1. The third-order valence-electron chi connectivity index (χ3n) is 3.05. The van der Waals surface area contributed by atoms with Gasteiger partial charge in [-0.05, 0) is 48.9 Å². The fourth-order valence-corrected chi connectivity index (χ4v) is 1.98. The van der Waals surface area contributed by atoms with Crippen LogP contribution in [0.2, 0.25) is 5.02 Å². The molecule has 0 aliphatic rings. The lowest BCUT2D eigenvalue weighted by Gasteiger charge is -2.11. The molecule has 2 rings (SSSR count). The minimum Gasteiger partial charge on any atom is -0.329 e. The van der Waals surface area contributed by atoms with Crippen LogP contribution in [0.3, 0.4) is 0 Å². The molecule has 2 aromatic rings. The highest BCUT2D eigenvalue weighted by Gasteiger charge is 2.08. The maximum Gasteiger partial charge on any atom is 0.319 e. The molecule has 0 bridgehead atoms. The molecule has 5 nitrogen and oxygen atoms in total. The molecule has 120 valence electrons. The molecule has 23 heavy (non-hydrogen) atoms. The van der Waals surface area contributed by atoms with Crippen LogP contribution in [0.25, 0.3) is 0 Å². The highest BCUT2D eigenvalue weighted by molar-refractivity contribution is 6.31. The van der Waals surface area contributed by atoms with Crippen LogP contribution in [0.4, 0.5) is 20.6 Å². The van der Waals surface area contributed by atoms with Crippen molar-refractivity contribution >= 4 is 34.9 Å². The lowest BCUT2D eigenvalue weighted by atomic mass is 10.2. The van der Waals surface area contributed by atoms with E-state index in [1.54, 1.807) is 25.1 Å². The molecule has 0 saturated heterocycles. The molecule has 0 atom stereocenters. The molecule has 0 heterocycles. The van der Waals surface area contributed by atoms with Gasteiger partial charge >= 0.3 is 6.03 Å². The Labute approximate surface area is 137 Å². The first kappa shape index (κ1) is 16.8. The molecule has 0 saturated carbocycles. The lowest BCUT2D eigenvalue weighted by Crippen LogP contribution is -2.35. The summed E-state index contributed by atoms with van der Waals surface area (Å²) in [5.41, 5.74) is 1.75. The van der Waals surface area contributed by atoms with E-state index in [2.05, 4.69) is 16.0 Å². The molecular weight excluding hydrogens is 321 g/mol. The van der Waals surface area contributed by atoms with Gasteiger partial charge in [0, 0.05) is 16.4 Å². The van der Waals surface area contributed by atoms with Gasteiger partial charge < -0.3 is 16.0 Å². The van der Waals surface area contributed by atoms with Crippen molar-refractivity contribution in [1.29, 1.82) is 0 Å². The maximum absolute atomic E-state index is 12.8. The Balaban J connectivity index is 1.83. The van der Waals surface area contributed by atoms with Crippen molar-refractivity contribution in [3.63, 3.8) is 0 Å². The summed E-state index contributed by atoms with van der Waals surface area (Å²) in [4.78, 5) is 23.5. The van der Waals surface area contributed by atoms with Crippen LogP contribution < -0.4 is 16.0 Å². The van der Waals surface area contributed by atoms with E-state index in [1.807, 2.05) is 0 Å². The van der Waals surface area contributed by atoms with Gasteiger partial charge in [0.25, 0.3) is 0 Å². The zero-order chi connectivity index (χ0) is 16.8. The first-order chi connectivity index (χ1) is 11.0.